The van der Waals surface area contributed by atoms with Gasteiger partial charge in [-0.05, 0) is 23.6 Å². The van der Waals surface area contributed by atoms with Gasteiger partial charge in [0.15, 0.2) is 0 Å². The first-order valence-corrected chi connectivity index (χ1v) is 8.66. The molecular formula is C17H16F2N4S. The van der Waals surface area contributed by atoms with Crippen LogP contribution in [0.1, 0.15) is 12.1 Å². The molecule has 24 heavy (non-hydrogen) atoms. The van der Waals surface area contributed by atoms with Gasteiger partial charge >= 0.3 is 0 Å². The number of fused-ring (bicyclic) bond motifs is 1. The molecule has 1 aliphatic rings. The Labute approximate surface area is 142 Å². The molecule has 0 aliphatic carbocycles. The maximum atomic E-state index is 12.8. The van der Waals surface area contributed by atoms with E-state index in [9.17, 15) is 8.78 Å². The molecule has 0 amide bonds. The van der Waals surface area contributed by atoms with E-state index < -0.39 is 6.43 Å². The van der Waals surface area contributed by atoms with Gasteiger partial charge in [0, 0.05) is 48.0 Å². The number of halogens is 2. The summed E-state index contributed by atoms with van der Waals surface area (Å²) in [7, 11) is 0. The number of anilines is 2. The summed E-state index contributed by atoms with van der Waals surface area (Å²) in [6, 6.07) is 9.90. The normalized spacial score (nSPS) is 15.5. The molecule has 3 aromatic rings. The molecular weight excluding hydrogens is 330 g/mol. The number of piperazine rings is 1. The number of hydrogen-bond donors (Lipinski definition) is 0. The standard InChI is InChI=1S/C17H16F2N4S/c18-17(19)13-10-16(21-11-20-13)23-7-5-22(6-8-23)14-2-1-3-15-12(14)4-9-24-15/h1-4,9-11,17H,5-8H2. The predicted octanol–water partition coefficient (Wildman–Crippen LogP) is 3.96. The van der Waals surface area contributed by atoms with E-state index in [4.69, 9.17) is 0 Å². The molecule has 1 fully saturated rings. The molecule has 0 spiro atoms. The molecule has 1 aliphatic heterocycles. The van der Waals surface area contributed by atoms with Crippen molar-refractivity contribution in [2.75, 3.05) is 36.0 Å². The smallest absolute Gasteiger partial charge is 0.280 e. The van der Waals surface area contributed by atoms with Crippen molar-refractivity contribution in [1.82, 2.24) is 9.97 Å². The highest BCUT2D eigenvalue weighted by Gasteiger charge is 2.21. The van der Waals surface area contributed by atoms with Crippen molar-refractivity contribution in [3.8, 4) is 0 Å². The van der Waals surface area contributed by atoms with Gasteiger partial charge in [-0.3, -0.25) is 0 Å². The van der Waals surface area contributed by atoms with E-state index in [1.807, 2.05) is 4.90 Å². The zero-order valence-corrected chi connectivity index (χ0v) is 13.7. The Kier molecular flexibility index (Phi) is 4.02. The van der Waals surface area contributed by atoms with Crippen molar-refractivity contribution in [3.63, 3.8) is 0 Å². The topological polar surface area (TPSA) is 32.3 Å². The lowest BCUT2D eigenvalue weighted by Gasteiger charge is -2.37. The summed E-state index contributed by atoms with van der Waals surface area (Å²) >= 11 is 1.74. The van der Waals surface area contributed by atoms with E-state index in [2.05, 4.69) is 44.5 Å². The number of rotatable bonds is 3. The highest BCUT2D eigenvalue weighted by atomic mass is 32.1. The van der Waals surface area contributed by atoms with E-state index in [0.717, 1.165) is 26.2 Å². The third-order valence-corrected chi connectivity index (χ3v) is 5.20. The van der Waals surface area contributed by atoms with Crippen LogP contribution in [0, 0.1) is 0 Å². The van der Waals surface area contributed by atoms with Crippen molar-refractivity contribution >= 4 is 32.9 Å². The number of hydrogen-bond acceptors (Lipinski definition) is 5. The maximum Gasteiger partial charge on any atom is 0.280 e. The molecule has 0 bridgehead atoms. The summed E-state index contributed by atoms with van der Waals surface area (Å²) in [5, 5.41) is 3.38. The summed E-state index contributed by atoms with van der Waals surface area (Å²) in [4.78, 5) is 12.2. The molecule has 7 heteroatoms. The van der Waals surface area contributed by atoms with Gasteiger partial charge in [0.05, 0.1) is 0 Å². The van der Waals surface area contributed by atoms with E-state index in [1.54, 1.807) is 11.3 Å². The summed E-state index contributed by atoms with van der Waals surface area (Å²) in [6.07, 6.45) is -1.35. The van der Waals surface area contributed by atoms with Crippen LogP contribution in [0.15, 0.2) is 42.0 Å². The quantitative estimate of drug-likeness (QED) is 0.719. The molecule has 4 rings (SSSR count). The SMILES string of the molecule is FC(F)c1cc(N2CCN(c3cccc4sccc34)CC2)ncn1. The maximum absolute atomic E-state index is 12.8. The van der Waals surface area contributed by atoms with Crippen molar-refractivity contribution in [2.45, 2.75) is 6.43 Å². The lowest BCUT2D eigenvalue weighted by Crippen LogP contribution is -2.46. The molecule has 4 nitrogen and oxygen atoms in total. The average Bonchev–Trinajstić information content (AvgIpc) is 3.11. The van der Waals surface area contributed by atoms with Gasteiger partial charge in [-0.15, -0.1) is 11.3 Å². The van der Waals surface area contributed by atoms with Gasteiger partial charge in [-0.25, -0.2) is 18.7 Å². The van der Waals surface area contributed by atoms with Crippen LogP contribution < -0.4 is 9.80 Å². The largest absolute Gasteiger partial charge is 0.367 e. The van der Waals surface area contributed by atoms with Crippen molar-refractivity contribution < 1.29 is 8.78 Å². The number of benzene rings is 1. The highest BCUT2D eigenvalue weighted by molar-refractivity contribution is 7.17. The second kappa shape index (κ2) is 6.32. The number of alkyl halides is 2. The lowest BCUT2D eigenvalue weighted by molar-refractivity contribution is 0.146. The molecule has 0 unspecified atom stereocenters. The molecule has 124 valence electrons. The second-order valence-electron chi connectivity index (χ2n) is 5.69. The van der Waals surface area contributed by atoms with Gasteiger partial charge in [0.1, 0.15) is 17.8 Å². The minimum atomic E-state index is -2.57. The Bertz CT molecular complexity index is 843. The molecule has 3 heterocycles. The van der Waals surface area contributed by atoms with Crippen LogP contribution in [-0.4, -0.2) is 36.1 Å². The third-order valence-electron chi connectivity index (χ3n) is 4.31. The molecule has 1 aromatic carbocycles. The molecule has 0 atom stereocenters. The molecule has 0 radical (unpaired) electrons. The third kappa shape index (κ3) is 2.80. The summed E-state index contributed by atoms with van der Waals surface area (Å²) < 4.78 is 26.9. The molecule has 2 aromatic heterocycles. The molecule has 0 N–H and O–H groups in total. The molecule has 1 saturated heterocycles. The van der Waals surface area contributed by atoms with Crippen molar-refractivity contribution in [3.05, 3.63) is 47.7 Å². The van der Waals surface area contributed by atoms with Gasteiger partial charge in [-0.2, -0.15) is 0 Å². The Morgan fingerprint density at radius 1 is 1.00 bits per heavy atom. The van der Waals surface area contributed by atoms with Gasteiger partial charge in [-0.1, -0.05) is 6.07 Å². The summed E-state index contributed by atoms with van der Waals surface area (Å²) in [5.74, 6) is 0.577. The van der Waals surface area contributed by atoms with Crippen LogP contribution >= 0.6 is 11.3 Å². The fourth-order valence-corrected chi connectivity index (χ4v) is 3.89. The number of aromatic nitrogens is 2. The van der Waals surface area contributed by atoms with Crippen LogP contribution in [0.2, 0.25) is 0 Å². The van der Waals surface area contributed by atoms with Crippen LogP contribution in [0.4, 0.5) is 20.3 Å². The Morgan fingerprint density at radius 2 is 1.79 bits per heavy atom. The lowest BCUT2D eigenvalue weighted by atomic mass is 10.2. The van der Waals surface area contributed by atoms with Crippen LogP contribution in [0.25, 0.3) is 10.1 Å². The van der Waals surface area contributed by atoms with E-state index in [0.29, 0.717) is 5.82 Å². The Morgan fingerprint density at radius 3 is 2.58 bits per heavy atom. The van der Waals surface area contributed by atoms with Crippen LogP contribution in [0.3, 0.4) is 0 Å². The van der Waals surface area contributed by atoms with Crippen LogP contribution in [-0.2, 0) is 0 Å². The predicted molar refractivity (Wildman–Crippen MR) is 93.2 cm³/mol. The molecule has 0 saturated carbocycles. The zero-order valence-electron chi connectivity index (χ0n) is 12.9. The number of thiophene rings is 1. The zero-order chi connectivity index (χ0) is 16.5. The summed E-state index contributed by atoms with van der Waals surface area (Å²) in [5.41, 5.74) is 1.02. The van der Waals surface area contributed by atoms with Gasteiger partial charge < -0.3 is 9.80 Å². The number of nitrogens with zero attached hydrogens (tertiary/aromatic N) is 4. The first-order valence-electron chi connectivity index (χ1n) is 7.78. The van der Waals surface area contributed by atoms with Crippen molar-refractivity contribution in [2.24, 2.45) is 0 Å². The fraction of sp³-hybridized carbons (Fsp3) is 0.294. The Hall–Kier alpha value is -2.28. The van der Waals surface area contributed by atoms with Crippen molar-refractivity contribution in [1.29, 1.82) is 0 Å². The highest BCUT2D eigenvalue weighted by Crippen LogP contribution is 2.31. The monoisotopic (exact) mass is 346 g/mol. The van der Waals surface area contributed by atoms with E-state index >= 15 is 0 Å². The van der Waals surface area contributed by atoms with Crippen LogP contribution in [0.5, 0.6) is 0 Å². The minimum absolute atomic E-state index is 0.217. The minimum Gasteiger partial charge on any atom is -0.367 e. The fourth-order valence-electron chi connectivity index (χ4n) is 3.08. The first-order chi connectivity index (χ1) is 11.7. The average molecular weight is 346 g/mol. The first kappa shape index (κ1) is 15.3. The van der Waals surface area contributed by atoms with E-state index in [-0.39, 0.29) is 5.69 Å². The van der Waals surface area contributed by atoms with Gasteiger partial charge in [0.2, 0.25) is 0 Å². The summed E-state index contributed by atoms with van der Waals surface area (Å²) in [6.45, 7) is 3.17. The van der Waals surface area contributed by atoms with E-state index in [1.165, 1.54) is 28.2 Å². The van der Waals surface area contributed by atoms with Gasteiger partial charge in [0.25, 0.3) is 6.43 Å². The second-order valence-corrected chi connectivity index (χ2v) is 6.63. The Balaban J connectivity index is 1.51.